The van der Waals surface area contributed by atoms with Crippen LogP contribution in [0.25, 0.3) is 0 Å². The molecule has 0 radical (unpaired) electrons. The molecule has 1 saturated heterocycles. The number of anilines is 1. The van der Waals surface area contributed by atoms with Crippen molar-refractivity contribution in [2.45, 2.75) is 30.6 Å². The van der Waals surface area contributed by atoms with E-state index in [1.807, 2.05) is 0 Å². The van der Waals surface area contributed by atoms with Gasteiger partial charge in [-0.3, -0.25) is 9.59 Å². The van der Waals surface area contributed by atoms with Gasteiger partial charge < -0.3 is 10.2 Å². The lowest BCUT2D eigenvalue weighted by molar-refractivity contribution is -0.134. The highest BCUT2D eigenvalue weighted by molar-refractivity contribution is 7.90. The Balaban J connectivity index is 2.01. The zero-order chi connectivity index (χ0) is 16.2. The van der Waals surface area contributed by atoms with E-state index in [9.17, 15) is 18.0 Å². The van der Waals surface area contributed by atoms with Crippen LogP contribution in [0.15, 0.2) is 29.2 Å². The molecular weight excluding hydrogens is 304 g/mol. The summed E-state index contributed by atoms with van der Waals surface area (Å²) in [5.41, 5.74) is 0.412. The average molecular weight is 324 g/mol. The number of nitrogens with zero attached hydrogens (tertiary/aromatic N) is 1. The van der Waals surface area contributed by atoms with Gasteiger partial charge in [0.1, 0.15) is 0 Å². The van der Waals surface area contributed by atoms with E-state index in [0.717, 1.165) is 25.5 Å². The second kappa shape index (κ2) is 6.91. The number of amides is 2. The van der Waals surface area contributed by atoms with Crippen molar-refractivity contribution in [2.75, 3.05) is 24.7 Å². The molecule has 1 aliphatic heterocycles. The third-order valence-electron chi connectivity index (χ3n) is 3.55. The maximum absolute atomic E-state index is 12.0. The molecule has 0 aliphatic carbocycles. The molecule has 0 spiro atoms. The largest absolute Gasteiger partial charge is 0.333 e. The van der Waals surface area contributed by atoms with E-state index < -0.39 is 9.84 Å². The standard InChI is InChI=1S/C15H20N2O4S/c1-22(20,21)13-7-5-6-12(10-13)16-14(18)11-17-9-4-2-3-8-15(17)19/h5-7,10H,2-4,8-9,11H2,1H3,(H,16,18). The van der Waals surface area contributed by atoms with Gasteiger partial charge in [0, 0.05) is 24.9 Å². The molecule has 0 atom stereocenters. The van der Waals surface area contributed by atoms with Crippen LogP contribution >= 0.6 is 0 Å². The quantitative estimate of drug-likeness (QED) is 0.908. The molecule has 22 heavy (non-hydrogen) atoms. The lowest BCUT2D eigenvalue weighted by atomic mass is 10.2. The maximum Gasteiger partial charge on any atom is 0.243 e. The molecule has 1 aromatic carbocycles. The van der Waals surface area contributed by atoms with Gasteiger partial charge in [-0.2, -0.15) is 0 Å². The monoisotopic (exact) mass is 324 g/mol. The number of carbonyl (C=O) groups is 2. The first kappa shape index (κ1) is 16.5. The first-order valence-electron chi connectivity index (χ1n) is 7.24. The van der Waals surface area contributed by atoms with Crippen molar-refractivity contribution in [3.8, 4) is 0 Å². The van der Waals surface area contributed by atoms with Gasteiger partial charge in [-0.15, -0.1) is 0 Å². The summed E-state index contributed by atoms with van der Waals surface area (Å²) in [5, 5.41) is 2.65. The number of nitrogens with one attached hydrogen (secondary N) is 1. The van der Waals surface area contributed by atoms with Crippen molar-refractivity contribution in [3.63, 3.8) is 0 Å². The summed E-state index contributed by atoms with van der Waals surface area (Å²) in [6.45, 7) is 0.595. The number of sulfone groups is 1. The summed E-state index contributed by atoms with van der Waals surface area (Å²) < 4.78 is 23.0. The lowest BCUT2D eigenvalue weighted by Crippen LogP contribution is -2.37. The van der Waals surface area contributed by atoms with Crippen molar-refractivity contribution < 1.29 is 18.0 Å². The Morgan fingerprint density at radius 1 is 1.27 bits per heavy atom. The van der Waals surface area contributed by atoms with Gasteiger partial charge in [0.05, 0.1) is 11.4 Å². The van der Waals surface area contributed by atoms with Crippen LogP contribution in [0.2, 0.25) is 0 Å². The Bertz CT molecular complexity index is 670. The minimum Gasteiger partial charge on any atom is -0.333 e. The van der Waals surface area contributed by atoms with E-state index in [0.29, 0.717) is 18.7 Å². The third kappa shape index (κ3) is 4.56. The molecule has 7 heteroatoms. The zero-order valence-electron chi connectivity index (χ0n) is 12.5. The van der Waals surface area contributed by atoms with Gasteiger partial charge in [0.15, 0.2) is 9.84 Å². The van der Waals surface area contributed by atoms with Crippen LogP contribution in [-0.2, 0) is 19.4 Å². The van der Waals surface area contributed by atoms with Crippen LogP contribution < -0.4 is 5.32 Å². The Morgan fingerprint density at radius 2 is 2.05 bits per heavy atom. The summed E-state index contributed by atoms with van der Waals surface area (Å²) in [6.07, 6.45) is 4.37. The minimum atomic E-state index is -3.32. The second-order valence-corrected chi connectivity index (χ2v) is 7.49. The Morgan fingerprint density at radius 3 is 2.77 bits per heavy atom. The molecule has 6 nitrogen and oxygen atoms in total. The van der Waals surface area contributed by atoms with E-state index in [-0.39, 0.29) is 23.3 Å². The smallest absolute Gasteiger partial charge is 0.243 e. The zero-order valence-corrected chi connectivity index (χ0v) is 13.4. The minimum absolute atomic E-state index is 0.00192. The highest BCUT2D eigenvalue weighted by Gasteiger charge is 2.19. The number of rotatable bonds is 4. The first-order chi connectivity index (χ1) is 10.4. The van der Waals surface area contributed by atoms with Gasteiger partial charge in [0.25, 0.3) is 0 Å². The fourth-order valence-corrected chi connectivity index (χ4v) is 3.05. The predicted octanol–water partition coefficient (Wildman–Crippen LogP) is 1.43. The van der Waals surface area contributed by atoms with Crippen molar-refractivity contribution in [2.24, 2.45) is 0 Å². The Hall–Kier alpha value is -1.89. The Kier molecular flexibility index (Phi) is 5.18. The van der Waals surface area contributed by atoms with Crippen molar-refractivity contribution >= 4 is 27.3 Å². The van der Waals surface area contributed by atoms with Crippen LogP contribution in [0.1, 0.15) is 25.7 Å². The highest BCUT2D eigenvalue weighted by Crippen LogP contribution is 2.16. The van der Waals surface area contributed by atoms with Gasteiger partial charge in [-0.1, -0.05) is 12.5 Å². The first-order valence-corrected chi connectivity index (χ1v) is 9.13. The summed E-state index contributed by atoms with van der Waals surface area (Å²) in [6, 6.07) is 6.08. The summed E-state index contributed by atoms with van der Waals surface area (Å²) in [7, 11) is -3.32. The van der Waals surface area contributed by atoms with Crippen molar-refractivity contribution in [3.05, 3.63) is 24.3 Å². The number of hydrogen-bond donors (Lipinski definition) is 1. The number of carbonyl (C=O) groups excluding carboxylic acids is 2. The van der Waals surface area contributed by atoms with Crippen molar-refractivity contribution in [1.29, 1.82) is 0 Å². The molecular formula is C15H20N2O4S. The molecule has 0 unspecified atom stereocenters. The van der Waals surface area contributed by atoms with Crippen LogP contribution in [0.4, 0.5) is 5.69 Å². The predicted molar refractivity (Wildman–Crippen MR) is 83.2 cm³/mol. The second-order valence-electron chi connectivity index (χ2n) is 5.47. The Labute approximate surface area is 130 Å². The van der Waals surface area contributed by atoms with E-state index >= 15 is 0 Å². The van der Waals surface area contributed by atoms with Gasteiger partial charge in [0.2, 0.25) is 11.8 Å². The van der Waals surface area contributed by atoms with Crippen molar-refractivity contribution in [1.82, 2.24) is 4.90 Å². The number of hydrogen-bond acceptors (Lipinski definition) is 4. The molecule has 0 saturated carbocycles. The number of benzene rings is 1. The fourth-order valence-electron chi connectivity index (χ4n) is 2.38. The molecule has 0 aromatic heterocycles. The molecule has 1 aromatic rings. The molecule has 1 N–H and O–H groups in total. The van der Waals surface area contributed by atoms with E-state index in [4.69, 9.17) is 0 Å². The average Bonchev–Trinajstić information content (AvgIpc) is 2.63. The van der Waals surface area contributed by atoms with Crippen LogP contribution in [-0.4, -0.2) is 44.5 Å². The number of likely N-dealkylation sites (tertiary alicyclic amines) is 1. The van der Waals surface area contributed by atoms with Crippen LogP contribution in [0.5, 0.6) is 0 Å². The van der Waals surface area contributed by atoms with Crippen LogP contribution in [0, 0.1) is 0 Å². The third-order valence-corrected chi connectivity index (χ3v) is 4.66. The lowest BCUT2D eigenvalue weighted by Gasteiger charge is -2.19. The SMILES string of the molecule is CS(=O)(=O)c1cccc(NC(=O)CN2CCCCCC2=O)c1. The molecule has 2 rings (SSSR count). The van der Waals surface area contributed by atoms with Gasteiger partial charge in [-0.05, 0) is 31.0 Å². The van der Waals surface area contributed by atoms with E-state index in [1.54, 1.807) is 17.0 Å². The van der Waals surface area contributed by atoms with Gasteiger partial charge >= 0.3 is 0 Å². The summed E-state index contributed by atoms with van der Waals surface area (Å²) >= 11 is 0. The van der Waals surface area contributed by atoms with E-state index in [1.165, 1.54) is 12.1 Å². The molecule has 0 bridgehead atoms. The maximum atomic E-state index is 12.0. The van der Waals surface area contributed by atoms with E-state index in [2.05, 4.69) is 5.32 Å². The highest BCUT2D eigenvalue weighted by atomic mass is 32.2. The molecule has 1 heterocycles. The molecule has 2 amide bonds. The fraction of sp³-hybridized carbons (Fsp3) is 0.467. The molecule has 1 aliphatic rings. The topological polar surface area (TPSA) is 83.6 Å². The summed E-state index contributed by atoms with van der Waals surface area (Å²) in [4.78, 5) is 25.6. The summed E-state index contributed by atoms with van der Waals surface area (Å²) in [5.74, 6) is -0.321. The molecule has 1 fully saturated rings. The molecule has 120 valence electrons. The normalized spacial score (nSPS) is 16.2. The van der Waals surface area contributed by atoms with Crippen LogP contribution in [0.3, 0.4) is 0 Å². The van der Waals surface area contributed by atoms with Gasteiger partial charge in [-0.25, -0.2) is 8.42 Å².